The van der Waals surface area contributed by atoms with E-state index in [-0.39, 0.29) is 21.1 Å². The van der Waals surface area contributed by atoms with E-state index in [0.717, 1.165) is 57.3 Å². The Morgan fingerprint density at radius 2 is 1.51 bits per heavy atom. The van der Waals surface area contributed by atoms with Gasteiger partial charge in [0.1, 0.15) is 5.82 Å². The van der Waals surface area contributed by atoms with Crippen LogP contribution in [-0.4, -0.2) is 19.3 Å². The van der Waals surface area contributed by atoms with Crippen LogP contribution in [0, 0.1) is 30.9 Å². The summed E-state index contributed by atoms with van der Waals surface area (Å²) in [5, 5.41) is 7.17. The molecule has 4 aromatic carbocycles. The average molecular weight is 882 g/mol. The molecule has 0 aliphatic rings. The van der Waals surface area contributed by atoms with Gasteiger partial charge in [-0.2, -0.15) is 17.2 Å². The predicted octanol–water partition coefficient (Wildman–Crippen LogP) is 12.4. The molecule has 3 heterocycles. The molecular weight excluding hydrogens is 832 g/mol. The quantitative estimate of drug-likeness (QED) is 0.122. The SMILES string of the molecule is Cc1ccnc(-n2c3[c-]c(Oc4[c-]c(-n5cc(-c6c(CC(C)C)cc(C(C)C)c(C(C)C)c6CC(C)C)cn5)ccc4)ccc3c3ccccc32)c1.[Pt+2]. The molecule has 0 N–H and O–H groups in total. The summed E-state index contributed by atoms with van der Waals surface area (Å²) in [7, 11) is 0. The molecule has 274 valence electrons. The van der Waals surface area contributed by atoms with E-state index in [2.05, 4.69) is 128 Å². The number of aromatic nitrogens is 4. The second-order valence-electron chi connectivity index (χ2n) is 15.7. The van der Waals surface area contributed by atoms with E-state index in [9.17, 15) is 0 Å². The normalized spacial score (nSPS) is 11.8. The molecule has 7 rings (SSSR count). The number of fused-ring (bicyclic) bond motifs is 3. The summed E-state index contributed by atoms with van der Waals surface area (Å²) in [5.41, 5.74) is 12.4. The number of ether oxygens (including phenoxy) is 1. The molecule has 6 heteroatoms. The first-order valence-corrected chi connectivity index (χ1v) is 18.8. The van der Waals surface area contributed by atoms with E-state index < -0.39 is 0 Å². The van der Waals surface area contributed by atoms with Crippen LogP contribution >= 0.6 is 0 Å². The second-order valence-corrected chi connectivity index (χ2v) is 15.7. The Bertz CT molecular complexity index is 2380. The van der Waals surface area contributed by atoms with Gasteiger partial charge in [0.2, 0.25) is 0 Å². The molecule has 0 atom stereocenters. The summed E-state index contributed by atoms with van der Waals surface area (Å²) in [6.07, 6.45) is 8.12. The zero-order valence-electron chi connectivity index (χ0n) is 32.4. The molecule has 53 heavy (non-hydrogen) atoms. The summed E-state index contributed by atoms with van der Waals surface area (Å²) < 4.78 is 10.6. The molecule has 0 radical (unpaired) electrons. The van der Waals surface area contributed by atoms with Gasteiger partial charge in [0.25, 0.3) is 0 Å². The molecule has 0 aliphatic heterocycles. The van der Waals surface area contributed by atoms with Crippen LogP contribution in [0.4, 0.5) is 0 Å². The van der Waals surface area contributed by atoms with Gasteiger partial charge < -0.3 is 9.30 Å². The molecule has 0 unspecified atom stereocenters. The van der Waals surface area contributed by atoms with Crippen molar-refractivity contribution in [3.8, 4) is 34.1 Å². The van der Waals surface area contributed by atoms with E-state index >= 15 is 0 Å². The molecule has 0 saturated carbocycles. The number of benzene rings is 4. The molecular formula is C47H50N4OPt. The first kappa shape index (κ1) is 38.3. The summed E-state index contributed by atoms with van der Waals surface area (Å²) in [5.74, 6) is 4.04. The van der Waals surface area contributed by atoms with Gasteiger partial charge >= 0.3 is 21.1 Å². The van der Waals surface area contributed by atoms with Crippen molar-refractivity contribution in [2.75, 3.05) is 0 Å². The number of aryl methyl sites for hydroxylation is 1. The van der Waals surface area contributed by atoms with Gasteiger partial charge in [-0.1, -0.05) is 85.2 Å². The molecule has 3 aromatic heterocycles. The van der Waals surface area contributed by atoms with Gasteiger partial charge in [0, 0.05) is 35.0 Å². The Labute approximate surface area is 329 Å². The molecule has 7 aromatic rings. The maximum atomic E-state index is 6.47. The van der Waals surface area contributed by atoms with Crippen LogP contribution in [-0.2, 0) is 33.9 Å². The van der Waals surface area contributed by atoms with Gasteiger partial charge in [-0.15, -0.1) is 35.7 Å². The summed E-state index contributed by atoms with van der Waals surface area (Å²) in [6.45, 7) is 20.7. The third-order valence-corrected chi connectivity index (χ3v) is 9.81. The van der Waals surface area contributed by atoms with Crippen molar-refractivity contribution in [2.24, 2.45) is 11.8 Å². The molecule has 0 amide bonds. The zero-order chi connectivity index (χ0) is 36.7. The van der Waals surface area contributed by atoms with E-state index in [1.807, 2.05) is 47.4 Å². The topological polar surface area (TPSA) is 44.9 Å². The Hall–Kier alpha value is -4.47. The fourth-order valence-electron chi connectivity index (χ4n) is 7.73. The first-order valence-electron chi connectivity index (χ1n) is 18.8. The Balaban J connectivity index is 0.00000481. The van der Waals surface area contributed by atoms with Crippen LogP contribution in [0.2, 0.25) is 0 Å². The minimum atomic E-state index is 0. The maximum Gasteiger partial charge on any atom is 2.00 e. The number of hydrogen-bond acceptors (Lipinski definition) is 3. The Kier molecular flexibility index (Phi) is 11.5. The monoisotopic (exact) mass is 881 g/mol. The zero-order valence-corrected chi connectivity index (χ0v) is 34.7. The van der Waals surface area contributed by atoms with Crippen LogP contribution < -0.4 is 4.74 Å². The van der Waals surface area contributed by atoms with Crippen molar-refractivity contribution in [1.82, 2.24) is 19.3 Å². The molecule has 0 aliphatic carbocycles. The summed E-state index contributed by atoms with van der Waals surface area (Å²) >= 11 is 0. The minimum Gasteiger partial charge on any atom is -0.509 e. The number of para-hydroxylation sites is 1. The van der Waals surface area contributed by atoms with Crippen LogP contribution in [0.15, 0.2) is 91.4 Å². The number of hydrogen-bond donors (Lipinski definition) is 0. The van der Waals surface area contributed by atoms with E-state index in [0.29, 0.717) is 35.2 Å². The van der Waals surface area contributed by atoms with Crippen LogP contribution in [0.5, 0.6) is 11.5 Å². The largest absolute Gasteiger partial charge is 2.00 e. The number of pyridine rings is 1. The second kappa shape index (κ2) is 15.9. The summed E-state index contributed by atoms with van der Waals surface area (Å²) in [4.78, 5) is 4.71. The fourth-order valence-corrected chi connectivity index (χ4v) is 7.73. The third-order valence-electron chi connectivity index (χ3n) is 9.81. The smallest absolute Gasteiger partial charge is 0.509 e. The molecule has 0 spiro atoms. The van der Waals surface area contributed by atoms with Crippen molar-refractivity contribution in [1.29, 1.82) is 0 Å². The van der Waals surface area contributed by atoms with E-state index in [4.69, 9.17) is 14.8 Å². The van der Waals surface area contributed by atoms with E-state index in [1.54, 1.807) is 0 Å². The minimum absolute atomic E-state index is 0. The van der Waals surface area contributed by atoms with E-state index in [1.165, 1.54) is 27.8 Å². The summed E-state index contributed by atoms with van der Waals surface area (Å²) in [6, 6.07) is 32.1. The van der Waals surface area contributed by atoms with Gasteiger partial charge in [-0.05, 0) is 106 Å². The van der Waals surface area contributed by atoms with Crippen LogP contribution in [0.1, 0.15) is 95.0 Å². The Morgan fingerprint density at radius 1 is 0.755 bits per heavy atom. The molecule has 0 fully saturated rings. The Morgan fingerprint density at radius 3 is 2.23 bits per heavy atom. The van der Waals surface area contributed by atoms with Crippen LogP contribution in [0.25, 0.3) is 44.4 Å². The third kappa shape index (κ3) is 7.78. The van der Waals surface area contributed by atoms with Crippen molar-refractivity contribution < 1.29 is 25.8 Å². The van der Waals surface area contributed by atoms with Gasteiger partial charge in [-0.3, -0.25) is 4.68 Å². The van der Waals surface area contributed by atoms with Gasteiger partial charge in [-0.25, -0.2) is 4.98 Å². The standard InChI is InChI=1S/C47H50N4O.Pt/c1-29(2)21-34-24-41(31(5)6)46(32(7)8)42(22-30(3)4)47(34)35-27-49-50(28-35)36-13-12-14-37(25-36)52-38-17-18-40-39-15-10-11-16-43(39)51(44(40)26-38)45-23-33(9)19-20-48-45;/h10-20,23-24,27-32H,21-22H2,1-9H3;/q-2;+2. The molecule has 0 bridgehead atoms. The average Bonchev–Trinajstić information content (AvgIpc) is 3.70. The van der Waals surface area contributed by atoms with Crippen molar-refractivity contribution >= 4 is 21.8 Å². The molecule has 0 saturated heterocycles. The van der Waals surface area contributed by atoms with Crippen molar-refractivity contribution in [3.05, 3.63) is 131 Å². The first-order chi connectivity index (χ1) is 25.0. The van der Waals surface area contributed by atoms with Crippen molar-refractivity contribution in [3.63, 3.8) is 0 Å². The predicted molar refractivity (Wildman–Crippen MR) is 215 cm³/mol. The number of nitrogens with zero attached hydrogens (tertiary/aromatic N) is 4. The molecule has 5 nitrogen and oxygen atoms in total. The van der Waals surface area contributed by atoms with Gasteiger partial charge in [0.05, 0.1) is 6.20 Å². The number of rotatable bonds is 11. The van der Waals surface area contributed by atoms with Gasteiger partial charge in [0.15, 0.2) is 0 Å². The maximum absolute atomic E-state index is 6.47. The van der Waals surface area contributed by atoms with Crippen LogP contribution in [0.3, 0.4) is 0 Å². The fraction of sp³-hybridized carbons (Fsp3) is 0.319. The van der Waals surface area contributed by atoms with Crippen molar-refractivity contribution in [2.45, 2.75) is 87.0 Å².